The molecule has 0 radical (unpaired) electrons. The van der Waals surface area contributed by atoms with Gasteiger partial charge in [-0.2, -0.15) is 5.26 Å². The molecule has 2 aromatic carbocycles. The van der Waals surface area contributed by atoms with Crippen LogP contribution in [-0.2, 0) is 6.42 Å². The maximum Gasteiger partial charge on any atom is 0.255 e. The third kappa shape index (κ3) is 2.56. The highest BCUT2D eigenvalue weighted by Gasteiger charge is 2.14. The van der Waals surface area contributed by atoms with Gasteiger partial charge in [-0.15, -0.1) is 0 Å². The number of carbonyl (C=O) groups excluding carboxylic acids is 1. The van der Waals surface area contributed by atoms with Crippen molar-refractivity contribution in [3.63, 3.8) is 0 Å². The second-order valence-electron chi connectivity index (χ2n) is 4.81. The molecule has 0 spiro atoms. The van der Waals surface area contributed by atoms with Crippen molar-refractivity contribution in [1.29, 1.82) is 5.26 Å². The SMILES string of the molecule is N#Cc1ccc(NC(=O)c2ccc3c(c2)NCC3)c(F)c1. The van der Waals surface area contributed by atoms with Gasteiger partial charge in [-0.1, -0.05) is 6.07 Å². The predicted octanol–water partition coefficient (Wildman–Crippen LogP) is 2.92. The highest BCUT2D eigenvalue weighted by atomic mass is 19.1. The van der Waals surface area contributed by atoms with E-state index >= 15 is 0 Å². The molecule has 0 unspecified atom stereocenters. The van der Waals surface area contributed by atoms with Gasteiger partial charge in [0.15, 0.2) is 0 Å². The van der Waals surface area contributed by atoms with Crippen LogP contribution in [0.4, 0.5) is 15.8 Å². The van der Waals surface area contributed by atoms with Gasteiger partial charge in [0, 0.05) is 17.8 Å². The number of hydrogen-bond donors (Lipinski definition) is 2. The van der Waals surface area contributed by atoms with Gasteiger partial charge in [0.05, 0.1) is 17.3 Å². The molecular weight excluding hydrogens is 269 g/mol. The smallest absolute Gasteiger partial charge is 0.255 e. The maximum atomic E-state index is 13.8. The van der Waals surface area contributed by atoms with E-state index < -0.39 is 5.82 Å². The van der Waals surface area contributed by atoms with Crippen LogP contribution in [0.2, 0.25) is 0 Å². The molecule has 3 rings (SSSR count). The normalized spacial score (nSPS) is 12.2. The topological polar surface area (TPSA) is 64.9 Å². The average Bonchev–Trinajstić information content (AvgIpc) is 2.96. The van der Waals surface area contributed by atoms with Crippen LogP contribution in [0.5, 0.6) is 0 Å². The Morgan fingerprint density at radius 3 is 2.90 bits per heavy atom. The van der Waals surface area contributed by atoms with Crippen molar-refractivity contribution in [2.45, 2.75) is 6.42 Å². The molecule has 0 bridgehead atoms. The highest BCUT2D eigenvalue weighted by Crippen LogP contribution is 2.24. The first-order valence-electron chi connectivity index (χ1n) is 6.55. The summed E-state index contributed by atoms with van der Waals surface area (Å²) in [5.41, 5.74) is 2.87. The number of hydrogen-bond acceptors (Lipinski definition) is 3. The van der Waals surface area contributed by atoms with E-state index in [9.17, 15) is 9.18 Å². The van der Waals surface area contributed by atoms with Crippen LogP contribution in [0.25, 0.3) is 0 Å². The van der Waals surface area contributed by atoms with E-state index in [1.54, 1.807) is 12.1 Å². The standard InChI is InChI=1S/C16H12FN3O/c17-13-7-10(9-18)1-4-14(13)20-16(21)12-3-2-11-5-6-19-15(11)8-12/h1-4,7-8,19H,5-6H2,(H,20,21). The Hall–Kier alpha value is -2.87. The Labute approximate surface area is 121 Å². The van der Waals surface area contributed by atoms with Gasteiger partial charge in [-0.3, -0.25) is 4.79 Å². The number of rotatable bonds is 2. The van der Waals surface area contributed by atoms with E-state index in [1.807, 2.05) is 12.1 Å². The van der Waals surface area contributed by atoms with Crippen LogP contribution in [0, 0.1) is 17.1 Å². The summed E-state index contributed by atoms with van der Waals surface area (Å²) in [7, 11) is 0. The number of fused-ring (bicyclic) bond motifs is 1. The van der Waals surface area contributed by atoms with Crippen LogP contribution in [-0.4, -0.2) is 12.5 Å². The summed E-state index contributed by atoms with van der Waals surface area (Å²) in [6.07, 6.45) is 0.946. The number of benzene rings is 2. The van der Waals surface area contributed by atoms with Gasteiger partial charge in [-0.25, -0.2) is 4.39 Å². The van der Waals surface area contributed by atoms with Crippen LogP contribution in [0.1, 0.15) is 21.5 Å². The third-order valence-electron chi connectivity index (χ3n) is 3.43. The quantitative estimate of drug-likeness (QED) is 0.889. The number of nitriles is 1. The van der Waals surface area contributed by atoms with E-state index in [4.69, 9.17) is 5.26 Å². The van der Waals surface area contributed by atoms with Crippen molar-refractivity contribution in [3.05, 3.63) is 58.9 Å². The molecule has 4 nitrogen and oxygen atoms in total. The number of anilines is 2. The van der Waals surface area contributed by atoms with Gasteiger partial charge in [-0.05, 0) is 42.3 Å². The van der Waals surface area contributed by atoms with Crippen molar-refractivity contribution in [1.82, 2.24) is 0 Å². The molecule has 0 saturated heterocycles. The molecule has 0 fully saturated rings. The average molecular weight is 281 g/mol. The van der Waals surface area contributed by atoms with E-state index in [-0.39, 0.29) is 17.2 Å². The molecule has 5 heteroatoms. The molecule has 1 aliphatic rings. The summed E-state index contributed by atoms with van der Waals surface area (Å²) in [6.45, 7) is 0.866. The monoisotopic (exact) mass is 281 g/mol. The van der Waals surface area contributed by atoms with Crippen LogP contribution < -0.4 is 10.6 Å². The number of nitrogens with zero attached hydrogens (tertiary/aromatic N) is 1. The summed E-state index contributed by atoms with van der Waals surface area (Å²) in [6, 6.07) is 11.2. The molecular formula is C16H12FN3O. The second-order valence-corrected chi connectivity index (χ2v) is 4.81. The molecule has 0 atom stereocenters. The second kappa shape index (κ2) is 5.25. The van der Waals surface area contributed by atoms with E-state index in [0.717, 1.165) is 24.7 Å². The molecule has 0 saturated carbocycles. The minimum Gasteiger partial charge on any atom is -0.384 e. The number of carbonyl (C=O) groups is 1. The maximum absolute atomic E-state index is 13.8. The molecule has 1 heterocycles. The Balaban J connectivity index is 1.82. The molecule has 104 valence electrons. The predicted molar refractivity (Wildman–Crippen MR) is 77.7 cm³/mol. The zero-order chi connectivity index (χ0) is 14.8. The molecule has 0 aliphatic carbocycles. The summed E-state index contributed by atoms with van der Waals surface area (Å²) >= 11 is 0. The van der Waals surface area contributed by atoms with Crippen LogP contribution >= 0.6 is 0 Å². The molecule has 2 aromatic rings. The Morgan fingerprint density at radius 2 is 2.14 bits per heavy atom. The van der Waals surface area contributed by atoms with Gasteiger partial charge < -0.3 is 10.6 Å². The zero-order valence-corrected chi connectivity index (χ0v) is 11.1. The lowest BCUT2D eigenvalue weighted by molar-refractivity contribution is 0.102. The van der Waals surface area contributed by atoms with E-state index in [1.165, 1.54) is 17.7 Å². The molecule has 1 amide bonds. The summed E-state index contributed by atoms with van der Waals surface area (Å²) in [5.74, 6) is -1.00. The summed E-state index contributed by atoms with van der Waals surface area (Å²) in [4.78, 5) is 12.2. The molecule has 2 N–H and O–H groups in total. The first-order chi connectivity index (χ1) is 10.2. The Morgan fingerprint density at radius 1 is 1.29 bits per heavy atom. The fourth-order valence-electron chi connectivity index (χ4n) is 2.31. The lowest BCUT2D eigenvalue weighted by Gasteiger charge is -2.08. The fraction of sp³-hybridized carbons (Fsp3) is 0.125. The van der Waals surface area contributed by atoms with Gasteiger partial charge in [0.2, 0.25) is 0 Å². The van der Waals surface area contributed by atoms with E-state index in [2.05, 4.69) is 10.6 Å². The number of amides is 1. The lowest BCUT2D eigenvalue weighted by atomic mass is 10.1. The van der Waals surface area contributed by atoms with Crippen molar-refractivity contribution in [2.24, 2.45) is 0 Å². The first-order valence-corrected chi connectivity index (χ1v) is 6.55. The van der Waals surface area contributed by atoms with Gasteiger partial charge in [0.25, 0.3) is 5.91 Å². The molecule has 21 heavy (non-hydrogen) atoms. The van der Waals surface area contributed by atoms with Crippen LogP contribution in [0.15, 0.2) is 36.4 Å². The Kier molecular flexibility index (Phi) is 3.28. The van der Waals surface area contributed by atoms with Crippen molar-refractivity contribution >= 4 is 17.3 Å². The van der Waals surface area contributed by atoms with Crippen molar-refractivity contribution in [2.75, 3.05) is 17.2 Å². The van der Waals surface area contributed by atoms with Crippen molar-refractivity contribution in [3.8, 4) is 6.07 Å². The van der Waals surface area contributed by atoms with Gasteiger partial charge >= 0.3 is 0 Å². The summed E-state index contributed by atoms with van der Waals surface area (Å²) < 4.78 is 13.8. The molecule has 0 aromatic heterocycles. The number of nitrogens with one attached hydrogen (secondary N) is 2. The minimum absolute atomic E-state index is 0.0625. The fourth-order valence-corrected chi connectivity index (χ4v) is 2.31. The third-order valence-corrected chi connectivity index (χ3v) is 3.43. The van der Waals surface area contributed by atoms with Crippen molar-refractivity contribution < 1.29 is 9.18 Å². The van der Waals surface area contributed by atoms with Gasteiger partial charge in [0.1, 0.15) is 5.82 Å². The molecule has 1 aliphatic heterocycles. The lowest BCUT2D eigenvalue weighted by Crippen LogP contribution is -2.13. The largest absolute Gasteiger partial charge is 0.384 e. The first kappa shape index (κ1) is 13.1. The van der Waals surface area contributed by atoms with Crippen LogP contribution in [0.3, 0.4) is 0 Å². The number of halogens is 1. The zero-order valence-electron chi connectivity index (χ0n) is 11.1. The summed E-state index contributed by atoms with van der Waals surface area (Å²) in [5, 5.41) is 14.4. The minimum atomic E-state index is -0.623. The van der Waals surface area contributed by atoms with E-state index in [0.29, 0.717) is 5.56 Å². The Bertz CT molecular complexity index is 765. The highest BCUT2D eigenvalue weighted by molar-refractivity contribution is 6.05.